The van der Waals surface area contributed by atoms with Crippen LogP contribution in [0.5, 0.6) is 17.2 Å². The number of pyridine rings is 1. The van der Waals surface area contributed by atoms with E-state index < -0.39 is 0 Å². The van der Waals surface area contributed by atoms with Crippen LogP contribution >= 0.6 is 0 Å². The first-order valence-corrected chi connectivity index (χ1v) is 8.99. The summed E-state index contributed by atoms with van der Waals surface area (Å²) in [5.74, 6) is 2.40. The van der Waals surface area contributed by atoms with Crippen molar-refractivity contribution in [2.75, 3.05) is 26.6 Å². The second-order valence-corrected chi connectivity index (χ2v) is 6.12. The number of benzene rings is 2. The first-order chi connectivity index (χ1) is 14.1. The lowest BCUT2D eigenvalue weighted by Gasteiger charge is -2.11. The van der Waals surface area contributed by atoms with Gasteiger partial charge in [-0.25, -0.2) is 4.98 Å². The number of ether oxygens (including phenoxy) is 3. The van der Waals surface area contributed by atoms with E-state index in [-0.39, 0.29) is 5.91 Å². The van der Waals surface area contributed by atoms with Gasteiger partial charge in [0.2, 0.25) is 0 Å². The highest BCUT2D eigenvalue weighted by atomic mass is 16.5. The maximum atomic E-state index is 12.4. The number of anilines is 2. The van der Waals surface area contributed by atoms with Gasteiger partial charge < -0.3 is 24.8 Å². The number of amides is 1. The molecule has 0 aliphatic heterocycles. The van der Waals surface area contributed by atoms with Gasteiger partial charge in [-0.05, 0) is 30.3 Å². The van der Waals surface area contributed by atoms with E-state index in [9.17, 15) is 4.79 Å². The lowest BCUT2D eigenvalue weighted by Crippen LogP contribution is -2.23. The summed E-state index contributed by atoms with van der Waals surface area (Å²) in [5.41, 5.74) is 2.17. The lowest BCUT2D eigenvalue weighted by atomic mass is 10.2. The third kappa shape index (κ3) is 4.95. The van der Waals surface area contributed by atoms with Gasteiger partial charge in [-0.15, -0.1) is 0 Å². The third-order valence-corrected chi connectivity index (χ3v) is 4.31. The van der Waals surface area contributed by atoms with Crippen molar-refractivity contribution in [3.8, 4) is 17.2 Å². The van der Waals surface area contributed by atoms with Crippen LogP contribution in [0.15, 0.2) is 60.8 Å². The Bertz CT molecular complexity index is 974. The Labute approximate surface area is 169 Å². The minimum atomic E-state index is -0.207. The van der Waals surface area contributed by atoms with Crippen LogP contribution in [0.2, 0.25) is 0 Å². The lowest BCUT2D eigenvalue weighted by molar-refractivity contribution is 0.0950. The molecule has 0 spiro atoms. The molecule has 7 heteroatoms. The normalized spacial score (nSPS) is 10.2. The van der Waals surface area contributed by atoms with Gasteiger partial charge in [0.05, 0.1) is 26.9 Å². The van der Waals surface area contributed by atoms with Crippen LogP contribution < -0.4 is 24.8 Å². The minimum absolute atomic E-state index is 0.207. The van der Waals surface area contributed by atoms with E-state index in [2.05, 4.69) is 15.6 Å². The summed E-state index contributed by atoms with van der Waals surface area (Å²) in [6.07, 6.45) is 1.53. The van der Waals surface area contributed by atoms with Gasteiger partial charge in [-0.2, -0.15) is 0 Å². The largest absolute Gasteiger partial charge is 0.496 e. The van der Waals surface area contributed by atoms with E-state index in [1.54, 1.807) is 39.5 Å². The van der Waals surface area contributed by atoms with Crippen LogP contribution in [0.3, 0.4) is 0 Å². The number of carbonyl (C=O) groups is 1. The molecule has 0 saturated carbocycles. The predicted octanol–water partition coefficient (Wildman–Crippen LogP) is 3.78. The average molecular weight is 393 g/mol. The Morgan fingerprint density at radius 2 is 1.66 bits per heavy atom. The third-order valence-electron chi connectivity index (χ3n) is 4.31. The van der Waals surface area contributed by atoms with Crippen molar-refractivity contribution < 1.29 is 19.0 Å². The molecule has 1 heterocycles. The molecular weight excluding hydrogens is 370 g/mol. The Kier molecular flexibility index (Phi) is 6.52. The summed E-state index contributed by atoms with van der Waals surface area (Å²) >= 11 is 0. The van der Waals surface area contributed by atoms with E-state index in [1.807, 2.05) is 36.4 Å². The Morgan fingerprint density at radius 3 is 2.34 bits per heavy atom. The second-order valence-electron chi connectivity index (χ2n) is 6.12. The molecule has 2 aromatic carbocycles. The fourth-order valence-corrected chi connectivity index (χ4v) is 2.79. The molecule has 0 saturated heterocycles. The first-order valence-electron chi connectivity index (χ1n) is 8.99. The first kappa shape index (κ1) is 20.0. The molecule has 1 aromatic heterocycles. The van der Waals surface area contributed by atoms with Gasteiger partial charge in [0, 0.05) is 30.1 Å². The molecule has 1 amide bonds. The van der Waals surface area contributed by atoms with Crippen molar-refractivity contribution in [2.24, 2.45) is 0 Å². The van der Waals surface area contributed by atoms with Crippen LogP contribution in [0, 0.1) is 0 Å². The summed E-state index contributed by atoms with van der Waals surface area (Å²) in [7, 11) is 4.77. The van der Waals surface area contributed by atoms with E-state index in [0.29, 0.717) is 29.4 Å². The molecule has 29 heavy (non-hydrogen) atoms. The van der Waals surface area contributed by atoms with Crippen LogP contribution in [0.1, 0.15) is 15.9 Å². The zero-order valence-electron chi connectivity index (χ0n) is 16.6. The summed E-state index contributed by atoms with van der Waals surface area (Å²) < 4.78 is 15.8. The summed E-state index contributed by atoms with van der Waals surface area (Å²) in [6.45, 7) is 0.370. The number of nitrogens with zero attached hydrogens (tertiary/aromatic N) is 1. The molecule has 0 radical (unpaired) electrons. The van der Waals surface area contributed by atoms with Crippen molar-refractivity contribution in [1.82, 2.24) is 10.3 Å². The molecule has 2 N–H and O–H groups in total. The number of para-hydroxylation sites is 1. The van der Waals surface area contributed by atoms with Crippen molar-refractivity contribution in [1.29, 1.82) is 0 Å². The molecule has 0 unspecified atom stereocenters. The standard InChI is InChI=1S/C22H23N3O4/c1-27-18-7-5-4-6-15(18)13-24-22(26)16-8-11-21(23-14-16)25-17-9-10-19(28-2)20(12-17)29-3/h4-12,14H,13H2,1-3H3,(H,23,25)(H,24,26). The molecule has 0 bridgehead atoms. The second kappa shape index (κ2) is 9.45. The van der Waals surface area contributed by atoms with E-state index >= 15 is 0 Å². The number of carbonyl (C=O) groups excluding carboxylic acids is 1. The topological polar surface area (TPSA) is 81.7 Å². The Balaban J connectivity index is 1.63. The molecule has 150 valence electrons. The number of aromatic nitrogens is 1. The van der Waals surface area contributed by atoms with Crippen LogP contribution in [-0.4, -0.2) is 32.2 Å². The molecule has 0 aliphatic rings. The summed E-state index contributed by atoms with van der Waals surface area (Å²) in [6, 6.07) is 16.5. The number of hydrogen-bond donors (Lipinski definition) is 2. The molecule has 0 fully saturated rings. The highest BCUT2D eigenvalue weighted by molar-refractivity contribution is 5.94. The number of nitrogens with one attached hydrogen (secondary N) is 2. The maximum absolute atomic E-state index is 12.4. The van der Waals surface area contributed by atoms with Crippen LogP contribution in [0.4, 0.5) is 11.5 Å². The van der Waals surface area contributed by atoms with E-state index in [4.69, 9.17) is 14.2 Å². The van der Waals surface area contributed by atoms with Crippen molar-refractivity contribution >= 4 is 17.4 Å². The highest BCUT2D eigenvalue weighted by Gasteiger charge is 2.09. The fourth-order valence-electron chi connectivity index (χ4n) is 2.79. The smallest absolute Gasteiger partial charge is 0.253 e. The molecule has 7 nitrogen and oxygen atoms in total. The van der Waals surface area contributed by atoms with Gasteiger partial charge in [0.25, 0.3) is 5.91 Å². The van der Waals surface area contributed by atoms with Crippen molar-refractivity contribution in [2.45, 2.75) is 6.54 Å². The van der Waals surface area contributed by atoms with Gasteiger partial charge in [0.15, 0.2) is 11.5 Å². The van der Waals surface area contributed by atoms with Crippen molar-refractivity contribution in [3.63, 3.8) is 0 Å². The van der Waals surface area contributed by atoms with Crippen molar-refractivity contribution in [3.05, 3.63) is 71.9 Å². The van der Waals surface area contributed by atoms with E-state index in [0.717, 1.165) is 17.0 Å². The molecule has 0 aliphatic carbocycles. The van der Waals surface area contributed by atoms with Crippen LogP contribution in [-0.2, 0) is 6.54 Å². The summed E-state index contributed by atoms with van der Waals surface area (Å²) in [5, 5.41) is 6.05. The quantitative estimate of drug-likeness (QED) is 0.606. The average Bonchev–Trinajstić information content (AvgIpc) is 2.78. The summed E-state index contributed by atoms with van der Waals surface area (Å²) in [4.78, 5) is 16.7. The number of hydrogen-bond acceptors (Lipinski definition) is 6. The Hall–Kier alpha value is -3.74. The molecule has 0 atom stereocenters. The number of rotatable bonds is 8. The SMILES string of the molecule is COc1ccccc1CNC(=O)c1ccc(Nc2ccc(OC)c(OC)c2)nc1. The fraction of sp³-hybridized carbons (Fsp3) is 0.182. The van der Waals surface area contributed by atoms with E-state index in [1.165, 1.54) is 6.20 Å². The maximum Gasteiger partial charge on any atom is 0.253 e. The predicted molar refractivity (Wildman–Crippen MR) is 111 cm³/mol. The highest BCUT2D eigenvalue weighted by Crippen LogP contribution is 2.30. The molecule has 3 rings (SSSR count). The van der Waals surface area contributed by atoms with Gasteiger partial charge in [0.1, 0.15) is 11.6 Å². The van der Waals surface area contributed by atoms with Crippen LogP contribution in [0.25, 0.3) is 0 Å². The Morgan fingerprint density at radius 1 is 0.897 bits per heavy atom. The molecule has 3 aromatic rings. The van der Waals surface area contributed by atoms with Gasteiger partial charge in [-0.3, -0.25) is 4.79 Å². The van der Waals surface area contributed by atoms with Gasteiger partial charge in [-0.1, -0.05) is 18.2 Å². The monoisotopic (exact) mass is 393 g/mol. The number of methoxy groups -OCH3 is 3. The van der Waals surface area contributed by atoms with Gasteiger partial charge >= 0.3 is 0 Å². The zero-order valence-corrected chi connectivity index (χ0v) is 16.6. The zero-order chi connectivity index (χ0) is 20.6. The minimum Gasteiger partial charge on any atom is -0.496 e. The molecular formula is C22H23N3O4.